The number of ether oxygens (including phenoxy) is 1. The van der Waals surface area contributed by atoms with Gasteiger partial charge in [-0.05, 0) is 11.1 Å². The maximum absolute atomic E-state index is 12.3. The summed E-state index contributed by atoms with van der Waals surface area (Å²) in [6.45, 7) is -0.397. The summed E-state index contributed by atoms with van der Waals surface area (Å²) in [5.74, 6) is -1.09. The molecule has 0 unspecified atom stereocenters. The predicted molar refractivity (Wildman–Crippen MR) is 95.2 cm³/mol. The number of aromatic nitrogens is 2. The average Bonchev–Trinajstić information content (AvgIpc) is 2.72. The number of carbonyl (C=O) groups excluding carboxylic acids is 2. The van der Waals surface area contributed by atoms with E-state index in [1.54, 1.807) is 0 Å². The van der Waals surface area contributed by atoms with Crippen LogP contribution in [-0.2, 0) is 9.53 Å². The SMILES string of the molecule is O=C(COC(=O)c1cnccn1)NC(c1ccccc1)c1ccccc1. The Balaban J connectivity index is 1.67. The Kier molecular flexibility index (Phi) is 5.67. The molecule has 1 amide bonds. The second kappa shape index (κ2) is 8.53. The quantitative estimate of drug-likeness (QED) is 0.693. The van der Waals surface area contributed by atoms with Crippen molar-refractivity contribution in [1.29, 1.82) is 0 Å². The molecule has 0 aliphatic heterocycles. The zero-order valence-corrected chi connectivity index (χ0v) is 13.9. The Labute approximate surface area is 150 Å². The van der Waals surface area contributed by atoms with Crippen LogP contribution < -0.4 is 5.32 Å². The van der Waals surface area contributed by atoms with Crippen LogP contribution in [0.25, 0.3) is 0 Å². The molecule has 130 valence electrons. The van der Waals surface area contributed by atoms with Crippen LogP contribution in [0, 0.1) is 0 Å². The Morgan fingerprint density at radius 3 is 2.08 bits per heavy atom. The minimum atomic E-state index is -0.691. The number of carbonyl (C=O) groups is 2. The minimum absolute atomic E-state index is 0.0583. The van der Waals surface area contributed by atoms with E-state index >= 15 is 0 Å². The molecule has 0 fully saturated rings. The molecule has 3 rings (SSSR count). The van der Waals surface area contributed by atoms with E-state index in [4.69, 9.17) is 4.74 Å². The molecule has 1 heterocycles. The van der Waals surface area contributed by atoms with E-state index in [0.29, 0.717) is 0 Å². The Morgan fingerprint density at radius 2 is 1.54 bits per heavy atom. The van der Waals surface area contributed by atoms with E-state index in [1.807, 2.05) is 60.7 Å². The maximum atomic E-state index is 12.3. The third-order valence-electron chi connectivity index (χ3n) is 3.68. The summed E-state index contributed by atoms with van der Waals surface area (Å²) in [6, 6.07) is 18.9. The molecule has 26 heavy (non-hydrogen) atoms. The van der Waals surface area contributed by atoms with Gasteiger partial charge in [0.15, 0.2) is 12.3 Å². The minimum Gasteiger partial charge on any atom is -0.451 e. The lowest BCUT2D eigenvalue weighted by Gasteiger charge is -2.19. The second-order valence-corrected chi connectivity index (χ2v) is 5.49. The van der Waals surface area contributed by atoms with Crippen molar-refractivity contribution < 1.29 is 14.3 Å². The largest absolute Gasteiger partial charge is 0.451 e. The molecule has 3 aromatic rings. The molecule has 0 aliphatic carbocycles. The molecule has 0 bridgehead atoms. The van der Waals surface area contributed by atoms with E-state index in [1.165, 1.54) is 18.6 Å². The Morgan fingerprint density at radius 1 is 0.923 bits per heavy atom. The van der Waals surface area contributed by atoms with Crippen molar-refractivity contribution in [1.82, 2.24) is 15.3 Å². The fraction of sp³-hybridized carbons (Fsp3) is 0.100. The van der Waals surface area contributed by atoms with Gasteiger partial charge in [-0.2, -0.15) is 0 Å². The van der Waals surface area contributed by atoms with Crippen molar-refractivity contribution in [3.05, 3.63) is 96.1 Å². The van der Waals surface area contributed by atoms with Crippen LogP contribution >= 0.6 is 0 Å². The molecule has 0 saturated carbocycles. The lowest BCUT2D eigenvalue weighted by molar-refractivity contribution is -0.124. The van der Waals surface area contributed by atoms with E-state index < -0.39 is 18.5 Å². The standard InChI is InChI=1S/C20H17N3O3/c24-18(14-26-20(25)17-13-21-11-12-22-17)23-19(15-7-3-1-4-8-15)16-9-5-2-6-10-16/h1-13,19H,14H2,(H,23,24). The van der Waals surface area contributed by atoms with Crippen LogP contribution in [0.1, 0.15) is 27.7 Å². The zero-order valence-electron chi connectivity index (χ0n) is 13.9. The number of rotatable bonds is 6. The van der Waals surface area contributed by atoms with Crippen LogP contribution in [0.5, 0.6) is 0 Å². The number of nitrogens with zero attached hydrogens (tertiary/aromatic N) is 2. The van der Waals surface area contributed by atoms with Crippen LogP contribution in [-0.4, -0.2) is 28.5 Å². The van der Waals surface area contributed by atoms with Gasteiger partial charge < -0.3 is 10.1 Å². The first-order chi connectivity index (χ1) is 12.7. The summed E-state index contributed by atoms with van der Waals surface area (Å²) in [5.41, 5.74) is 1.93. The average molecular weight is 347 g/mol. The third-order valence-corrected chi connectivity index (χ3v) is 3.68. The second-order valence-electron chi connectivity index (χ2n) is 5.49. The highest BCUT2D eigenvalue weighted by Gasteiger charge is 2.18. The summed E-state index contributed by atoms with van der Waals surface area (Å²) in [5, 5.41) is 2.90. The van der Waals surface area contributed by atoms with Gasteiger partial charge in [-0.3, -0.25) is 9.78 Å². The van der Waals surface area contributed by atoms with Gasteiger partial charge in [0.2, 0.25) is 0 Å². The van der Waals surface area contributed by atoms with Gasteiger partial charge in [-0.1, -0.05) is 60.7 Å². The van der Waals surface area contributed by atoms with Crippen molar-refractivity contribution >= 4 is 11.9 Å². The van der Waals surface area contributed by atoms with Crippen molar-refractivity contribution in [3.63, 3.8) is 0 Å². The fourth-order valence-corrected chi connectivity index (χ4v) is 2.46. The van der Waals surface area contributed by atoms with E-state index in [9.17, 15) is 9.59 Å². The summed E-state index contributed by atoms with van der Waals surface area (Å²) < 4.78 is 5.01. The molecule has 1 aromatic heterocycles. The molecule has 0 spiro atoms. The molecular weight excluding hydrogens is 330 g/mol. The first kappa shape index (κ1) is 17.3. The van der Waals surface area contributed by atoms with Gasteiger partial charge in [0.25, 0.3) is 5.91 Å². The van der Waals surface area contributed by atoms with Crippen molar-refractivity contribution in [2.75, 3.05) is 6.61 Å². The van der Waals surface area contributed by atoms with Gasteiger partial charge in [-0.25, -0.2) is 9.78 Å². The van der Waals surface area contributed by atoms with E-state index in [2.05, 4.69) is 15.3 Å². The normalized spacial score (nSPS) is 10.3. The Hall–Kier alpha value is -3.54. The van der Waals surface area contributed by atoms with Crippen molar-refractivity contribution in [2.24, 2.45) is 0 Å². The van der Waals surface area contributed by atoms with Gasteiger partial charge in [-0.15, -0.1) is 0 Å². The topological polar surface area (TPSA) is 81.2 Å². The van der Waals surface area contributed by atoms with Crippen LogP contribution in [0.2, 0.25) is 0 Å². The first-order valence-electron chi connectivity index (χ1n) is 8.06. The number of benzene rings is 2. The molecule has 0 aliphatic rings. The van der Waals surface area contributed by atoms with Crippen molar-refractivity contribution in [2.45, 2.75) is 6.04 Å². The highest BCUT2D eigenvalue weighted by atomic mass is 16.5. The third kappa shape index (κ3) is 4.51. The van der Waals surface area contributed by atoms with Crippen LogP contribution in [0.15, 0.2) is 79.3 Å². The number of hydrogen-bond acceptors (Lipinski definition) is 5. The van der Waals surface area contributed by atoms with Crippen LogP contribution in [0.3, 0.4) is 0 Å². The maximum Gasteiger partial charge on any atom is 0.359 e. The van der Waals surface area contributed by atoms with Crippen molar-refractivity contribution in [3.8, 4) is 0 Å². The monoisotopic (exact) mass is 347 g/mol. The number of nitrogens with one attached hydrogen (secondary N) is 1. The zero-order chi connectivity index (χ0) is 18.2. The smallest absolute Gasteiger partial charge is 0.359 e. The molecule has 0 atom stereocenters. The van der Waals surface area contributed by atoms with E-state index in [0.717, 1.165) is 11.1 Å². The highest BCUT2D eigenvalue weighted by molar-refractivity contribution is 5.89. The molecule has 0 saturated heterocycles. The molecule has 6 heteroatoms. The first-order valence-corrected chi connectivity index (χ1v) is 8.06. The molecule has 1 N–H and O–H groups in total. The summed E-state index contributed by atoms with van der Waals surface area (Å²) >= 11 is 0. The predicted octanol–water partition coefficient (Wildman–Crippen LogP) is 2.54. The fourth-order valence-electron chi connectivity index (χ4n) is 2.46. The number of hydrogen-bond donors (Lipinski definition) is 1. The highest BCUT2D eigenvalue weighted by Crippen LogP contribution is 2.21. The molecule has 6 nitrogen and oxygen atoms in total. The van der Waals surface area contributed by atoms with Gasteiger partial charge in [0.05, 0.1) is 12.2 Å². The lowest BCUT2D eigenvalue weighted by Crippen LogP contribution is -2.33. The summed E-state index contributed by atoms with van der Waals surface area (Å²) in [4.78, 5) is 31.8. The number of esters is 1. The summed E-state index contributed by atoms with van der Waals surface area (Å²) in [7, 11) is 0. The molecule has 2 aromatic carbocycles. The number of amides is 1. The van der Waals surface area contributed by atoms with Gasteiger partial charge >= 0.3 is 5.97 Å². The molecular formula is C20H17N3O3. The Bertz CT molecular complexity index is 816. The lowest BCUT2D eigenvalue weighted by atomic mass is 9.99. The van der Waals surface area contributed by atoms with Gasteiger partial charge in [0.1, 0.15) is 0 Å². The molecule has 0 radical (unpaired) electrons. The summed E-state index contributed by atoms with van der Waals surface area (Å²) in [6.07, 6.45) is 4.13. The van der Waals surface area contributed by atoms with E-state index in [-0.39, 0.29) is 11.7 Å². The van der Waals surface area contributed by atoms with Gasteiger partial charge in [0, 0.05) is 12.4 Å². The van der Waals surface area contributed by atoms with Crippen LogP contribution in [0.4, 0.5) is 0 Å².